The van der Waals surface area contributed by atoms with Gasteiger partial charge in [-0.2, -0.15) is 0 Å². The number of ether oxygens (including phenoxy) is 1. The van der Waals surface area contributed by atoms with Crippen LogP contribution < -0.4 is 4.74 Å². The third-order valence-corrected chi connectivity index (χ3v) is 3.71. The van der Waals surface area contributed by atoms with Crippen molar-refractivity contribution in [1.29, 1.82) is 0 Å². The Morgan fingerprint density at radius 2 is 2.15 bits per heavy atom. The van der Waals surface area contributed by atoms with Crippen LogP contribution >= 0.6 is 8.38 Å². The average Bonchev–Trinajstić information content (AvgIpc) is 2.84. The first-order chi connectivity index (χ1) is 9.70. The molecule has 0 saturated heterocycles. The maximum absolute atomic E-state index is 9.05. The van der Waals surface area contributed by atoms with Crippen LogP contribution in [0.5, 0.6) is 5.75 Å². The molecule has 0 amide bonds. The fraction of sp³-hybridized carbons (Fsp3) is 0.500. The number of aryl methyl sites for hydroxylation is 1. The Kier molecular flexibility index (Phi) is 5.77. The first kappa shape index (κ1) is 15.2. The molecule has 0 bridgehead atoms. The van der Waals surface area contributed by atoms with Crippen molar-refractivity contribution in [2.24, 2.45) is 0 Å². The summed E-state index contributed by atoms with van der Waals surface area (Å²) in [6.45, 7) is 3.27. The van der Waals surface area contributed by atoms with Gasteiger partial charge in [-0.1, -0.05) is 0 Å². The minimum Gasteiger partial charge on any atom is -0.497 e. The number of hydrogen-bond donors (Lipinski definition) is 1. The largest absolute Gasteiger partial charge is 0.497 e. The number of benzene rings is 1. The van der Waals surface area contributed by atoms with Crippen molar-refractivity contribution < 1.29 is 14.2 Å². The van der Waals surface area contributed by atoms with Crippen LogP contribution in [-0.2, 0) is 11.1 Å². The highest BCUT2D eigenvalue weighted by molar-refractivity contribution is 7.45. The van der Waals surface area contributed by atoms with Crippen LogP contribution in [0.25, 0.3) is 11.0 Å². The maximum atomic E-state index is 9.05. The third-order valence-electron chi connectivity index (χ3n) is 3.15. The summed E-state index contributed by atoms with van der Waals surface area (Å²) in [5.74, 6) is 0.854. The molecule has 0 spiro atoms. The number of nitrogens with zero attached hydrogens (tertiary/aromatic N) is 2. The number of methoxy groups -OCH3 is 1. The Labute approximate surface area is 120 Å². The first-order valence-electron chi connectivity index (χ1n) is 6.75. The van der Waals surface area contributed by atoms with E-state index in [1.807, 2.05) is 24.5 Å². The molecular formula is C14H21N2O3P. The molecule has 1 heterocycles. The lowest BCUT2D eigenvalue weighted by Crippen LogP contribution is -1.97. The van der Waals surface area contributed by atoms with Crippen LogP contribution in [-0.4, -0.2) is 34.8 Å². The Morgan fingerprint density at radius 1 is 1.30 bits per heavy atom. The number of rotatable bonds is 8. The zero-order chi connectivity index (χ0) is 14.4. The first-order valence-corrected chi connectivity index (χ1v) is 8.41. The number of imidazole rings is 1. The van der Waals surface area contributed by atoms with Crippen LogP contribution in [0.2, 0.25) is 0 Å². The van der Waals surface area contributed by atoms with Gasteiger partial charge < -0.3 is 18.7 Å². The van der Waals surface area contributed by atoms with Gasteiger partial charge in [-0.05, 0) is 31.4 Å². The quantitative estimate of drug-likeness (QED) is 0.600. The Bertz CT molecular complexity index is 542. The minimum atomic E-state index is -1.22. The van der Waals surface area contributed by atoms with Crippen molar-refractivity contribution in [3.05, 3.63) is 24.5 Å². The van der Waals surface area contributed by atoms with Crippen LogP contribution in [0, 0.1) is 0 Å². The molecule has 20 heavy (non-hydrogen) atoms. The Hall–Kier alpha value is -1.16. The van der Waals surface area contributed by atoms with Crippen molar-refractivity contribution in [2.75, 3.05) is 20.4 Å². The van der Waals surface area contributed by atoms with E-state index in [4.69, 9.17) is 14.2 Å². The molecule has 1 aromatic heterocycles. The molecule has 2 aromatic rings. The van der Waals surface area contributed by atoms with Gasteiger partial charge in [0.2, 0.25) is 0 Å². The lowest BCUT2D eigenvalue weighted by atomic mass is 10.2. The standard InChI is InChI=1S/C14H21N2O3P/c1-18-12-6-7-13-14(10-12)16(11-15-13)8-4-3-5-9-19-20(2)17/h6-7,10-11,17H,3-5,8-9H2,1-2H3. The van der Waals surface area contributed by atoms with Crippen LogP contribution in [0.3, 0.4) is 0 Å². The molecule has 110 valence electrons. The van der Waals surface area contributed by atoms with Gasteiger partial charge in [-0.25, -0.2) is 4.98 Å². The van der Waals surface area contributed by atoms with E-state index >= 15 is 0 Å². The van der Waals surface area contributed by atoms with Crippen molar-refractivity contribution in [3.63, 3.8) is 0 Å². The Morgan fingerprint density at radius 3 is 2.90 bits per heavy atom. The highest BCUT2D eigenvalue weighted by Gasteiger charge is 2.04. The van der Waals surface area contributed by atoms with E-state index in [1.165, 1.54) is 0 Å². The second-order valence-corrected chi connectivity index (χ2v) is 5.84. The van der Waals surface area contributed by atoms with E-state index in [2.05, 4.69) is 9.55 Å². The second kappa shape index (κ2) is 7.58. The summed E-state index contributed by atoms with van der Waals surface area (Å²) in [5, 5.41) is 0. The van der Waals surface area contributed by atoms with E-state index in [1.54, 1.807) is 13.8 Å². The summed E-state index contributed by atoms with van der Waals surface area (Å²) < 4.78 is 12.6. The molecule has 5 nitrogen and oxygen atoms in total. The Balaban J connectivity index is 1.84. The molecule has 1 unspecified atom stereocenters. The summed E-state index contributed by atoms with van der Waals surface area (Å²) in [7, 11) is 0.456. The smallest absolute Gasteiger partial charge is 0.164 e. The van der Waals surface area contributed by atoms with Gasteiger partial charge in [0.1, 0.15) is 5.75 Å². The molecular weight excluding hydrogens is 275 g/mol. The van der Waals surface area contributed by atoms with Gasteiger partial charge in [0, 0.05) is 19.3 Å². The average molecular weight is 296 g/mol. The molecule has 1 aromatic carbocycles. The molecule has 1 atom stereocenters. The van der Waals surface area contributed by atoms with E-state index < -0.39 is 8.38 Å². The van der Waals surface area contributed by atoms with Gasteiger partial charge >= 0.3 is 0 Å². The maximum Gasteiger partial charge on any atom is 0.164 e. The SMILES string of the molecule is COc1ccc2ncn(CCCCCOP(C)O)c2c1. The van der Waals surface area contributed by atoms with Crippen LogP contribution in [0.4, 0.5) is 0 Å². The monoisotopic (exact) mass is 296 g/mol. The summed E-state index contributed by atoms with van der Waals surface area (Å²) in [6.07, 6.45) is 4.99. The van der Waals surface area contributed by atoms with Gasteiger partial charge in [-0.15, -0.1) is 0 Å². The molecule has 0 aliphatic heterocycles. The topological polar surface area (TPSA) is 56.5 Å². The predicted octanol–water partition coefficient (Wildman–Crippen LogP) is 3.17. The molecule has 0 radical (unpaired) electrons. The summed E-state index contributed by atoms with van der Waals surface area (Å²) in [4.78, 5) is 13.4. The second-order valence-electron chi connectivity index (χ2n) is 4.65. The molecule has 0 saturated carbocycles. The van der Waals surface area contributed by atoms with Crippen molar-refractivity contribution >= 4 is 19.4 Å². The highest BCUT2D eigenvalue weighted by Crippen LogP contribution is 2.25. The fourth-order valence-corrected chi connectivity index (χ4v) is 2.49. The zero-order valence-corrected chi connectivity index (χ0v) is 12.8. The van der Waals surface area contributed by atoms with E-state index in [-0.39, 0.29) is 0 Å². The van der Waals surface area contributed by atoms with E-state index in [0.717, 1.165) is 42.6 Å². The van der Waals surface area contributed by atoms with Gasteiger partial charge in [0.05, 0.1) is 31.1 Å². The van der Waals surface area contributed by atoms with E-state index in [0.29, 0.717) is 6.61 Å². The van der Waals surface area contributed by atoms with Gasteiger partial charge in [-0.3, -0.25) is 0 Å². The minimum absolute atomic E-state index is 0.636. The number of unbranched alkanes of at least 4 members (excludes halogenated alkanes) is 2. The lowest BCUT2D eigenvalue weighted by molar-refractivity contribution is 0.301. The van der Waals surface area contributed by atoms with Gasteiger partial charge in [0.25, 0.3) is 0 Å². The normalized spacial score (nSPS) is 12.8. The number of fused-ring (bicyclic) bond motifs is 1. The molecule has 0 aliphatic rings. The molecule has 0 aliphatic carbocycles. The highest BCUT2D eigenvalue weighted by atomic mass is 31.2. The molecule has 0 fully saturated rings. The molecule has 2 rings (SSSR count). The number of hydrogen-bond acceptors (Lipinski definition) is 4. The third kappa shape index (κ3) is 4.17. The van der Waals surface area contributed by atoms with Crippen LogP contribution in [0.1, 0.15) is 19.3 Å². The summed E-state index contributed by atoms with van der Waals surface area (Å²) in [6, 6.07) is 5.92. The zero-order valence-electron chi connectivity index (χ0n) is 12.0. The van der Waals surface area contributed by atoms with Crippen molar-refractivity contribution in [3.8, 4) is 5.75 Å². The van der Waals surface area contributed by atoms with Crippen LogP contribution in [0.15, 0.2) is 24.5 Å². The van der Waals surface area contributed by atoms with E-state index in [9.17, 15) is 0 Å². The number of aromatic nitrogens is 2. The van der Waals surface area contributed by atoms with Gasteiger partial charge in [0.15, 0.2) is 8.38 Å². The molecule has 1 N–H and O–H groups in total. The summed E-state index contributed by atoms with van der Waals surface area (Å²) in [5.41, 5.74) is 2.10. The fourth-order valence-electron chi connectivity index (χ4n) is 2.10. The predicted molar refractivity (Wildman–Crippen MR) is 81.2 cm³/mol. The van der Waals surface area contributed by atoms with Crippen molar-refractivity contribution in [2.45, 2.75) is 25.8 Å². The molecule has 6 heteroatoms. The van der Waals surface area contributed by atoms with Crippen molar-refractivity contribution in [1.82, 2.24) is 9.55 Å². The lowest BCUT2D eigenvalue weighted by Gasteiger charge is -2.07. The summed E-state index contributed by atoms with van der Waals surface area (Å²) >= 11 is 0.